The molecule has 0 aliphatic carbocycles. The summed E-state index contributed by atoms with van der Waals surface area (Å²) in [6.07, 6.45) is 0. The van der Waals surface area contributed by atoms with Crippen molar-refractivity contribution >= 4 is 29.2 Å². The summed E-state index contributed by atoms with van der Waals surface area (Å²) < 4.78 is 0. The predicted molar refractivity (Wildman–Crippen MR) is 65.0 cm³/mol. The molecule has 15 heavy (non-hydrogen) atoms. The zero-order chi connectivity index (χ0) is 11.5. The van der Waals surface area contributed by atoms with Gasteiger partial charge in [-0.15, -0.1) is 23.2 Å². The topological polar surface area (TPSA) is 37.8 Å². The minimum Gasteiger partial charge on any atom is -0.347 e. The normalized spacial score (nSPS) is 11.5. The number of anilines is 1. The lowest BCUT2D eigenvalue weighted by molar-refractivity contribution is 0.639. The van der Waals surface area contributed by atoms with Gasteiger partial charge in [0.05, 0.1) is 5.54 Å². The van der Waals surface area contributed by atoms with Crippen molar-refractivity contribution in [2.75, 3.05) is 17.1 Å². The van der Waals surface area contributed by atoms with Crippen molar-refractivity contribution in [3.63, 3.8) is 0 Å². The highest BCUT2D eigenvalue weighted by Gasteiger charge is 2.22. The number of alkyl halides is 2. The van der Waals surface area contributed by atoms with Crippen LogP contribution in [0, 0.1) is 13.8 Å². The number of halogens is 2. The number of nitrogens with one attached hydrogen (secondary N) is 1. The maximum absolute atomic E-state index is 5.84. The molecule has 0 aliphatic rings. The molecule has 0 unspecified atom stereocenters. The van der Waals surface area contributed by atoms with E-state index < -0.39 is 0 Å². The van der Waals surface area contributed by atoms with Gasteiger partial charge in [0.15, 0.2) is 0 Å². The highest BCUT2D eigenvalue weighted by Crippen LogP contribution is 2.15. The maximum atomic E-state index is 5.84. The van der Waals surface area contributed by atoms with E-state index in [1.54, 1.807) is 0 Å². The summed E-state index contributed by atoms with van der Waals surface area (Å²) in [5, 5.41) is 3.15. The van der Waals surface area contributed by atoms with Crippen LogP contribution in [0.5, 0.6) is 0 Å². The van der Waals surface area contributed by atoms with Crippen molar-refractivity contribution in [1.82, 2.24) is 9.97 Å². The third-order valence-electron chi connectivity index (χ3n) is 1.99. The van der Waals surface area contributed by atoms with Gasteiger partial charge in [0.2, 0.25) is 5.95 Å². The smallest absolute Gasteiger partial charge is 0.223 e. The SMILES string of the molecule is Cc1cc(C)nc(NC(C)(CCl)CCl)n1. The van der Waals surface area contributed by atoms with Crippen LogP contribution < -0.4 is 5.32 Å². The number of hydrogen-bond acceptors (Lipinski definition) is 3. The maximum Gasteiger partial charge on any atom is 0.223 e. The van der Waals surface area contributed by atoms with E-state index in [0.29, 0.717) is 17.7 Å². The first-order valence-electron chi connectivity index (χ1n) is 4.71. The van der Waals surface area contributed by atoms with Crippen molar-refractivity contribution < 1.29 is 0 Å². The molecule has 3 nitrogen and oxygen atoms in total. The van der Waals surface area contributed by atoms with Gasteiger partial charge in [-0.25, -0.2) is 9.97 Å². The van der Waals surface area contributed by atoms with E-state index in [0.717, 1.165) is 11.4 Å². The molecular formula is C10H15Cl2N3. The van der Waals surface area contributed by atoms with Crippen LogP contribution in [0.4, 0.5) is 5.95 Å². The Morgan fingerprint density at radius 1 is 1.20 bits per heavy atom. The van der Waals surface area contributed by atoms with Crippen LogP contribution in [0.2, 0.25) is 0 Å². The Morgan fingerprint density at radius 2 is 1.67 bits per heavy atom. The molecular weight excluding hydrogens is 233 g/mol. The van der Waals surface area contributed by atoms with Crippen LogP contribution >= 0.6 is 23.2 Å². The van der Waals surface area contributed by atoms with Gasteiger partial charge >= 0.3 is 0 Å². The molecule has 0 aliphatic heterocycles. The second-order valence-electron chi connectivity index (χ2n) is 3.93. The molecule has 1 rings (SSSR count). The van der Waals surface area contributed by atoms with Crippen molar-refractivity contribution in [3.8, 4) is 0 Å². The highest BCUT2D eigenvalue weighted by atomic mass is 35.5. The summed E-state index contributed by atoms with van der Waals surface area (Å²) >= 11 is 11.7. The second-order valence-corrected chi connectivity index (χ2v) is 4.46. The average Bonchev–Trinajstić information content (AvgIpc) is 2.16. The molecule has 1 aromatic rings. The van der Waals surface area contributed by atoms with Gasteiger partial charge in [-0.3, -0.25) is 0 Å². The van der Waals surface area contributed by atoms with E-state index >= 15 is 0 Å². The van der Waals surface area contributed by atoms with E-state index in [-0.39, 0.29) is 5.54 Å². The molecule has 0 spiro atoms. The molecule has 84 valence electrons. The Hall–Kier alpha value is -0.540. The second kappa shape index (κ2) is 4.99. The molecule has 0 radical (unpaired) electrons. The predicted octanol–water partition coefficient (Wildman–Crippen LogP) is 2.74. The van der Waals surface area contributed by atoms with Crippen molar-refractivity contribution in [1.29, 1.82) is 0 Å². The van der Waals surface area contributed by atoms with E-state index in [4.69, 9.17) is 23.2 Å². The van der Waals surface area contributed by atoms with Crippen molar-refractivity contribution in [3.05, 3.63) is 17.5 Å². The fourth-order valence-corrected chi connectivity index (χ4v) is 1.57. The minimum atomic E-state index is -0.372. The number of nitrogens with zero attached hydrogens (tertiary/aromatic N) is 2. The fraction of sp³-hybridized carbons (Fsp3) is 0.600. The average molecular weight is 248 g/mol. The van der Waals surface area contributed by atoms with Gasteiger partial charge < -0.3 is 5.32 Å². The van der Waals surface area contributed by atoms with Gasteiger partial charge in [0.1, 0.15) is 0 Å². The third kappa shape index (κ3) is 3.50. The minimum absolute atomic E-state index is 0.372. The summed E-state index contributed by atoms with van der Waals surface area (Å²) in [4.78, 5) is 8.55. The zero-order valence-electron chi connectivity index (χ0n) is 9.14. The fourth-order valence-electron chi connectivity index (χ4n) is 1.15. The van der Waals surface area contributed by atoms with Gasteiger partial charge in [0, 0.05) is 23.1 Å². The quantitative estimate of drug-likeness (QED) is 0.832. The zero-order valence-corrected chi connectivity index (χ0v) is 10.7. The number of aryl methyl sites for hydroxylation is 2. The Labute approximate surface area is 100 Å². The number of hydrogen-bond donors (Lipinski definition) is 1. The summed E-state index contributed by atoms with van der Waals surface area (Å²) in [6, 6.07) is 1.92. The van der Waals surface area contributed by atoms with Crippen LogP contribution in [-0.2, 0) is 0 Å². The number of aromatic nitrogens is 2. The lowest BCUT2D eigenvalue weighted by Crippen LogP contribution is -2.39. The molecule has 5 heteroatoms. The molecule has 1 heterocycles. The third-order valence-corrected chi connectivity index (χ3v) is 3.17. The monoisotopic (exact) mass is 247 g/mol. The summed E-state index contributed by atoms with van der Waals surface area (Å²) in [6.45, 7) is 5.80. The van der Waals surface area contributed by atoms with Crippen molar-refractivity contribution in [2.45, 2.75) is 26.3 Å². The highest BCUT2D eigenvalue weighted by molar-refractivity contribution is 6.22. The summed E-state index contributed by atoms with van der Waals surface area (Å²) in [7, 11) is 0. The van der Waals surface area contributed by atoms with E-state index in [1.165, 1.54) is 0 Å². The van der Waals surface area contributed by atoms with Gasteiger partial charge in [-0.05, 0) is 26.8 Å². The molecule has 0 bridgehead atoms. The lowest BCUT2D eigenvalue weighted by Gasteiger charge is -2.26. The van der Waals surface area contributed by atoms with Crippen LogP contribution in [0.15, 0.2) is 6.07 Å². The van der Waals surface area contributed by atoms with E-state index in [1.807, 2.05) is 26.8 Å². The molecule has 0 atom stereocenters. The Morgan fingerprint density at radius 3 is 2.07 bits per heavy atom. The standard InChI is InChI=1S/C10H15Cl2N3/c1-7-4-8(2)14-9(13-7)15-10(3,5-11)6-12/h4H,5-6H2,1-3H3,(H,13,14,15). The van der Waals surface area contributed by atoms with E-state index in [2.05, 4.69) is 15.3 Å². The van der Waals surface area contributed by atoms with E-state index in [9.17, 15) is 0 Å². The molecule has 0 fully saturated rings. The summed E-state index contributed by atoms with van der Waals surface area (Å²) in [5.41, 5.74) is 1.48. The first-order valence-corrected chi connectivity index (χ1v) is 5.78. The Balaban J connectivity index is 2.88. The lowest BCUT2D eigenvalue weighted by atomic mass is 10.1. The Bertz CT molecular complexity index is 317. The molecule has 0 aromatic carbocycles. The van der Waals surface area contributed by atoms with Gasteiger partial charge in [-0.1, -0.05) is 0 Å². The Kier molecular flexibility index (Phi) is 4.17. The van der Waals surface area contributed by atoms with Gasteiger partial charge in [0.25, 0.3) is 0 Å². The first-order chi connectivity index (χ1) is 6.99. The first kappa shape index (κ1) is 12.5. The molecule has 1 aromatic heterocycles. The van der Waals surface area contributed by atoms with Crippen LogP contribution in [-0.4, -0.2) is 27.3 Å². The van der Waals surface area contributed by atoms with Crippen LogP contribution in [0.3, 0.4) is 0 Å². The van der Waals surface area contributed by atoms with Crippen LogP contribution in [0.25, 0.3) is 0 Å². The largest absolute Gasteiger partial charge is 0.347 e. The number of rotatable bonds is 4. The summed E-state index contributed by atoms with van der Waals surface area (Å²) in [5.74, 6) is 1.40. The molecule has 0 saturated carbocycles. The van der Waals surface area contributed by atoms with Gasteiger partial charge in [-0.2, -0.15) is 0 Å². The molecule has 0 amide bonds. The molecule has 0 saturated heterocycles. The van der Waals surface area contributed by atoms with Crippen molar-refractivity contribution in [2.24, 2.45) is 0 Å². The molecule has 1 N–H and O–H groups in total. The van der Waals surface area contributed by atoms with Crippen LogP contribution in [0.1, 0.15) is 18.3 Å².